The summed E-state index contributed by atoms with van der Waals surface area (Å²) in [5, 5.41) is 9.96. The van der Waals surface area contributed by atoms with Gasteiger partial charge in [-0.1, -0.05) is 25.1 Å². The Labute approximate surface area is 148 Å². The van der Waals surface area contributed by atoms with Crippen LogP contribution in [0.5, 0.6) is 0 Å². The SMILES string of the molecule is CCc1c(C(=O)N[C@@H](C)C(=O)NC(C)(C)C)cnn1-c1ccccc1. The number of nitrogens with one attached hydrogen (secondary N) is 2. The van der Waals surface area contributed by atoms with Crippen molar-refractivity contribution in [1.29, 1.82) is 0 Å². The Morgan fingerprint density at radius 2 is 1.84 bits per heavy atom. The molecule has 1 heterocycles. The van der Waals surface area contributed by atoms with Crippen LogP contribution in [0.15, 0.2) is 36.5 Å². The van der Waals surface area contributed by atoms with Gasteiger partial charge in [0.05, 0.1) is 23.1 Å². The first kappa shape index (κ1) is 18.7. The second-order valence-corrected chi connectivity index (χ2v) is 7.04. The van der Waals surface area contributed by atoms with Crippen LogP contribution in [-0.4, -0.2) is 33.2 Å². The molecule has 2 aromatic rings. The minimum Gasteiger partial charge on any atom is -0.350 e. The molecule has 0 fully saturated rings. The summed E-state index contributed by atoms with van der Waals surface area (Å²) in [7, 11) is 0. The molecule has 1 aromatic carbocycles. The van der Waals surface area contributed by atoms with Crippen LogP contribution in [0.4, 0.5) is 0 Å². The molecule has 0 saturated heterocycles. The van der Waals surface area contributed by atoms with E-state index in [0.717, 1.165) is 11.4 Å². The first-order valence-corrected chi connectivity index (χ1v) is 8.48. The number of aromatic nitrogens is 2. The summed E-state index contributed by atoms with van der Waals surface area (Å²) in [6.07, 6.45) is 2.20. The summed E-state index contributed by atoms with van der Waals surface area (Å²) in [5.41, 5.74) is 1.86. The molecule has 6 nitrogen and oxygen atoms in total. The minimum absolute atomic E-state index is 0.214. The highest BCUT2D eigenvalue weighted by Gasteiger charge is 2.23. The lowest BCUT2D eigenvalue weighted by molar-refractivity contribution is -0.124. The molecule has 134 valence electrons. The molecule has 1 atom stereocenters. The lowest BCUT2D eigenvalue weighted by Gasteiger charge is -2.23. The third kappa shape index (κ3) is 4.68. The van der Waals surface area contributed by atoms with E-state index >= 15 is 0 Å². The molecule has 1 aromatic heterocycles. The predicted octanol–water partition coefficient (Wildman–Crippen LogP) is 2.47. The van der Waals surface area contributed by atoms with Gasteiger partial charge in [0.25, 0.3) is 5.91 Å². The van der Waals surface area contributed by atoms with Gasteiger partial charge < -0.3 is 10.6 Å². The van der Waals surface area contributed by atoms with Gasteiger partial charge in [0, 0.05) is 5.54 Å². The van der Waals surface area contributed by atoms with Crippen molar-refractivity contribution in [2.75, 3.05) is 0 Å². The maximum Gasteiger partial charge on any atom is 0.255 e. The summed E-state index contributed by atoms with van der Waals surface area (Å²) in [5.74, 6) is -0.509. The first-order chi connectivity index (χ1) is 11.7. The average molecular weight is 342 g/mol. The Kier molecular flexibility index (Phi) is 5.62. The van der Waals surface area contributed by atoms with Crippen LogP contribution < -0.4 is 10.6 Å². The number of hydrogen-bond acceptors (Lipinski definition) is 3. The molecule has 2 amide bonds. The van der Waals surface area contributed by atoms with E-state index in [4.69, 9.17) is 0 Å². The number of carbonyl (C=O) groups excluding carboxylic acids is 2. The van der Waals surface area contributed by atoms with Gasteiger partial charge in [0.2, 0.25) is 5.91 Å². The highest BCUT2D eigenvalue weighted by Crippen LogP contribution is 2.16. The maximum atomic E-state index is 12.6. The minimum atomic E-state index is -0.628. The highest BCUT2D eigenvalue weighted by molar-refractivity contribution is 5.98. The summed E-state index contributed by atoms with van der Waals surface area (Å²) in [6, 6.07) is 9.03. The lowest BCUT2D eigenvalue weighted by atomic mass is 10.1. The van der Waals surface area contributed by atoms with Gasteiger partial charge in [-0.3, -0.25) is 9.59 Å². The standard InChI is InChI=1S/C19H26N4O2/c1-6-16-15(12-20-23(16)14-10-8-7-9-11-14)18(25)21-13(2)17(24)22-19(3,4)5/h7-13H,6H2,1-5H3,(H,21,25)(H,22,24)/t13-/m0/s1. The van der Waals surface area contributed by atoms with Gasteiger partial charge in [0.15, 0.2) is 0 Å². The monoisotopic (exact) mass is 342 g/mol. The van der Waals surface area contributed by atoms with Crippen molar-refractivity contribution in [3.05, 3.63) is 47.8 Å². The Hall–Kier alpha value is -2.63. The largest absolute Gasteiger partial charge is 0.350 e. The van der Waals surface area contributed by atoms with Crippen LogP contribution in [0.3, 0.4) is 0 Å². The van der Waals surface area contributed by atoms with E-state index in [1.807, 2.05) is 58.0 Å². The fourth-order valence-electron chi connectivity index (χ4n) is 2.51. The number of para-hydroxylation sites is 1. The van der Waals surface area contributed by atoms with Crippen molar-refractivity contribution in [1.82, 2.24) is 20.4 Å². The number of rotatable bonds is 5. The third-order valence-electron chi connectivity index (χ3n) is 3.69. The fraction of sp³-hybridized carbons (Fsp3) is 0.421. The molecular formula is C19H26N4O2. The summed E-state index contributed by atoms with van der Waals surface area (Å²) < 4.78 is 1.76. The summed E-state index contributed by atoms with van der Waals surface area (Å²) in [4.78, 5) is 24.8. The summed E-state index contributed by atoms with van der Waals surface area (Å²) in [6.45, 7) is 9.35. The zero-order chi connectivity index (χ0) is 18.6. The maximum absolute atomic E-state index is 12.6. The van der Waals surface area contributed by atoms with Crippen molar-refractivity contribution in [2.24, 2.45) is 0 Å². The molecule has 2 rings (SSSR count). The topological polar surface area (TPSA) is 76.0 Å². The summed E-state index contributed by atoms with van der Waals surface area (Å²) >= 11 is 0. The van der Waals surface area contributed by atoms with Crippen LogP contribution in [0, 0.1) is 0 Å². The number of hydrogen-bond donors (Lipinski definition) is 2. The van der Waals surface area contributed by atoms with Crippen molar-refractivity contribution >= 4 is 11.8 Å². The van der Waals surface area contributed by atoms with Gasteiger partial charge in [0.1, 0.15) is 6.04 Å². The molecule has 0 bridgehead atoms. The Morgan fingerprint density at radius 1 is 1.20 bits per heavy atom. The molecule has 0 aliphatic carbocycles. The van der Waals surface area contributed by atoms with Crippen LogP contribution in [-0.2, 0) is 11.2 Å². The van der Waals surface area contributed by atoms with E-state index < -0.39 is 6.04 Å². The molecule has 2 N–H and O–H groups in total. The molecule has 0 aliphatic rings. The Bertz CT molecular complexity index is 745. The normalized spacial score (nSPS) is 12.5. The van der Waals surface area contributed by atoms with Gasteiger partial charge in [-0.2, -0.15) is 5.10 Å². The molecular weight excluding hydrogens is 316 g/mol. The fourth-order valence-corrected chi connectivity index (χ4v) is 2.51. The van der Waals surface area contributed by atoms with Crippen LogP contribution in [0.1, 0.15) is 50.7 Å². The van der Waals surface area contributed by atoms with E-state index in [0.29, 0.717) is 12.0 Å². The van der Waals surface area contributed by atoms with E-state index in [9.17, 15) is 9.59 Å². The van der Waals surface area contributed by atoms with Crippen LogP contribution in [0.2, 0.25) is 0 Å². The zero-order valence-electron chi connectivity index (χ0n) is 15.5. The molecule has 0 radical (unpaired) electrons. The van der Waals surface area contributed by atoms with Crippen LogP contribution in [0.25, 0.3) is 5.69 Å². The number of nitrogens with zero attached hydrogens (tertiary/aromatic N) is 2. The van der Waals surface area contributed by atoms with Crippen molar-refractivity contribution < 1.29 is 9.59 Å². The molecule has 25 heavy (non-hydrogen) atoms. The van der Waals surface area contributed by atoms with Crippen molar-refractivity contribution in [3.63, 3.8) is 0 Å². The Morgan fingerprint density at radius 3 is 2.40 bits per heavy atom. The van der Waals surface area contributed by atoms with Gasteiger partial charge in [-0.15, -0.1) is 0 Å². The molecule has 0 aliphatic heterocycles. The second kappa shape index (κ2) is 7.51. The van der Waals surface area contributed by atoms with Crippen LogP contribution >= 0.6 is 0 Å². The smallest absolute Gasteiger partial charge is 0.255 e. The molecule has 0 spiro atoms. The van der Waals surface area contributed by atoms with Gasteiger partial charge in [-0.25, -0.2) is 4.68 Å². The number of amides is 2. The lowest BCUT2D eigenvalue weighted by Crippen LogP contribution is -2.50. The Balaban J connectivity index is 2.17. The third-order valence-corrected chi connectivity index (χ3v) is 3.69. The molecule has 0 unspecified atom stereocenters. The molecule has 0 saturated carbocycles. The number of benzene rings is 1. The predicted molar refractivity (Wildman–Crippen MR) is 97.8 cm³/mol. The van der Waals surface area contributed by atoms with E-state index in [1.54, 1.807) is 17.8 Å². The number of carbonyl (C=O) groups is 2. The van der Waals surface area contributed by atoms with Crippen molar-refractivity contribution in [2.45, 2.75) is 52.6 Å². The zero-order valence-corrected chi connectivity index (χ0v) is 15.5. The molecule has 6 heteroatoms. The van der Waals surface area contributed by atoms with Gasteiger partial charge >= 0.3 is 0 Å². The average Bonchev–Trinajstić information content (AvgIpc) is 2.98. The second-order valence-electron chi connectivity index (χ2n) is 7.04. The highest BCUT2D eigenvalue weighted by atomic mass is 16.2. The van der Waals surface area contributed by atoms with E-state index in [-0.39, 0.29) is 17.4 Å². The van der Waals surface area contributed by atoms with Crippen molar-refractivity contribution in [3.8, 4) is 5.69 Å². The quantitative estimate of drug-likeness (QED) is 0.876. The van der Waals surface area contributed by atoms with E-state index in [1.165, 1.54) is 0 Å². The van der Waals surface area contributed by atoms with E-state index in [2.05, 4.69) is 15.7 Å². The first-order valence-electron chi connectivity index (χ1n) is 8.48. The van der Waals surface area contributed by atoms with Gasteiger partial charge in [-0.05, 0) is 46.2 Å².